The van der Waals surface area contributed by atoms with E-state index in [1.54, 1.807) is 7.11 Å². The number of carbonyl (C=O) groups is 1. The van der Waals surface area contributed by atoms with Crippen LogP contribution in [0.5, 0.6) is 0 Å². The van der Waals surface area contributed by atoms with Crippen LogP contribution >= 0.6 is 0 Å². The zero-order chi connectivity index (χ0) is 14.4. The molecule has 7 nitrogen and oxygen atoms in total. The first-order valence-electron chi connectivity index (χ1n) is 7.12. The number of aryl methyl sites for hydroxylation is 1. The molecule has 1 saturated heterocycles. The number of aromatic nitrogens is 3. The van der Waals surface area contributed by atoms with Crippen molar-refractivity contribution in [1.82, 2.24) is 25.0 Å². The van der Waals surface area contributed by atoms with Crippen LogP contribution in [0, 0.1) is 0 Å². The molecule has 1 fully saturated rings. The lowest BCUT2D eigenvalue weighted by Gasteiger charge is -2.20. The molecule has 1 aliphatic heterocycles. The molecule has 2 rings (SSSR count). The van der Waals surface area contributed by atoms with Gasteiger partial charge in [-0.25, -0.2) is 4.98 Å². The number of hydrogen-bond donors (Lipinski definition) is 1. The summed E-state index contributed by atoms with van der Waals surface area (Å²) in [6.45, 7) is 6.07. The Labute approximate surface area is 119 Å². The van der Waals surface area contributed by atoms with Gasteiger partial charge in [-0.05, 0) is 6.42 Å². The van der Waals surface area contributed by atoms with Gasteiger partial charge in [0.25, 0.3) is 0 Å². The molecule has 0 bridgehead atoms. The smallest absolute Gasteiger partial charge is 0.236 e. The van der Waals surface area contributed by atoms with Gasteiger partial charge >= 0.3 is 0 Å². The van der Waals surface area contributed by atoms with Crippen molar-refractivity contribution in [2.45, 2.75) is 26.3 Å². The van der Waals surface area contributed by atoms with E-state index in [9.17, 15) is 4.79 Å². The summed E-state index contributed by atoms with van der Waals surface area (Å²) in [5.74, 6) is 1.82. The lowest BCUT2D eigenvalue weighted by molar-refractivity contribution is -0.131. The zero-order valence-electron chi connectivity index (χ0n) is 12.3. The quantitative estimate of drug-likeness (QED) is 0.797. The predicted molar refractivity (Wildman–Crippen MR) is 74.1 cm³/mol. The number of rotatable bonds is 6. The highest BCUT2D eigenvalue weighted by Crippen LogP contribution is 2.07. The Hall–Kier alpha value is -1.47. The van der Waals surface area contributed by atoms with E-state index in [1.807, 2.05) is 11.8 Å². The van der Waals surface area contributed by atoms with Crippen LogP contribution < -0.4 is 0 Å². The first kappa shape index (κ1) is 14.9. The van der Waals surface area contributed by atoms with E-state index in [0.29, 0.717) is 26.2 Å². The van der Waals surface area contributed by atoms with Crippen molar-refractivity contribution < 1.29 is 9.53 Å². The van der Waals surface area contributed by atoms with Crippen LogP contribution in [-0.2, 0) is 22.5 Å². The Bertz CT molecular complexity index is 434. The van der Waals surface area contributed by atoms with E-state index >= 15 is 0 Å². The second-order valence-electron chi connectivity index (χ2n) is 4.99. The third-order valence-corrected chi connectivity index (χ3v) is 3.45. The molecule has 7 heteroatoms. The van der Waals surface area contributed by atoms with Crippen LogP contribution in [0.25, 0.3) is 0 Å². The van der Waals surface area contributed by atoms with Gasteiger partial charge in [-0.1, -0.05) is 6.92 Å². The van der Waals surface area contributed by atoms with E-state index in [1.165, 1.54) is 0 Å². The average molecular weight is 281 g/mol. The summed E-state index contributed by atoms with van der Waals surface area (Å²) in [4.78, 5) is 20.6. The number of ether oxygens (including phenoxy) is 1. The van der Waals surface area contributed by atoms with Gasteiger partial charge in [0.1, 0.15) is 11.6 Å². The number of nitrogens with zero attached hydrogens (tertiary/aromatic N) is 4. The first-order valence-corrected chi connectivity index (χ1v) is 7.12. The number of methoxy groups -OCH3 is 1. The zero-order valence-corrected chi connectivity index (χ0v) is 12.3. The second-order valence-corrected chi connectivity index (χ2v) is 4.99. The van der Waals surface area contributed by atoms with Crippen LogP contribution in [0.3, 0.4) is 0 Å². The second kappa shape index (κ2) is 7.35. The number of H-pyrrole nitrogens is 1. The Kier molecular flexibility index (Phi) is 5.49. The minimum atomic E-state index is 0.162. The Balaban J connectivity index is 1.89. The molecule has 0 saturated carbocycles. The highest BCUT2D eigenvalue weighted by molar-refractivity contribution is 5.78. The number of hydrogen-bond acceptors (Lipinski definition) is 5. The van der Waals surface area contributed by atoms with Crippen molar-refractivity contribution in [3.8, 4) is 0 Å². The summed E-state index contributed by atoms with van der Waals surface area (Å²) >= 11 is 0. The summed E-state index contributed by atoms with van der Waals surface area (Å²) in [7, 11) is 1.66. The fourth-order valence-corrected chi connectivity index (χ4v) is 2.33. The highest BCUT2D eigenvalue weighted by atomic mass is 16.5. The molecule has 0 aliphatic carbocycles. The molecule has 1 aromatic rings. The lowest BCUT2D eigenvalue weighted by atomic mass is 10.3. The fourth-order valence-electron chi connectivity index (χ4n) is 2.33. The predicted octanol–water partition coefficient (Wildman–Crippen LogP) is 0.0478. The molecule has 20 heavy (non-hydrogen) atoms. The minimum Gasteiger partial charge on any atom is -0.383 e. The topological polar surface area (TPSA) is 74.3 Å². The Morgan fingerprint density at radius 1 is 1.40 bits per heavy atom. The van der Waals surface area contributed by atoms with E-state index in [-0.39, 0.29) is 5.91 Å². The van der Waals surface area contributed by atoms with Crippen LogP contribution in [0.1, 0.15) is 25.0 Å². The van der Waals surface area contributed by atoms with Crippen LogP contribution in [0.15, 0.2) is 0 Å². The molecule has 1 amide bonds. The molecule has 0 spiro atoms. The van der Waals surface area contributed by atoms with Crippen LogP contribution in [-0.4, -0.2) is 70.8 Å². The molecule has 0 unspecified atom stereocenters. The Morgan fingerprint density at radius 3 is 2.95 bits per heavy atom. The largest absolute Gasteiger partial charge is 0.383 e. The summed E-state index contributed by atoms with van der Waals surface area (Å²) in [5, 5.41) is 7.06. The van der Waals surface area contributed by atoms with Crippen molar-refractivity contribution >= 4 is 5.91 Å². The van der Waals surface area contributed by atoms with E-state index < -0.39 is 0 Å². The van der Waals surface area contributed by atoms with Gasteiger partial charge in [0.2, 0.25) is 5.91 Å². The molecule has 112 valence electrons. The summed E-state index contributed by atoms with van der Waals surface area (Å²) < 4.78 is 5.04. The molecule has 0 radical (unpaired) electrons. The normalized spacial score (nSPS) is 17.5. The molecule has 1 N–H and O–H groups in total. The van der Waals surface area contributed by atoms with E-state index in [4.69, 9.17) is 4.74 Å². The van der Waals surface area contributed by atoms with Crippen molar-refractivity contribution in [2.24, 2.45) is 0 Å². The molecule has 1 aromatic heterocycles. The summed E-state index contributed by atoms with van der Waals surface area (Å²) in [5.41, 5.74) is 0. The number of aromatic amines is 1. The van der Waals surface area contributed by atoms with Crippen LogP contribution in [0.2, 0.25) is 0 Å². The van der Waals surface area contributed by atoms with Crippen molar-refractivity contribution in [3.63, 3.8) is 0 Å². The SMILES string of the molecule is CCc1n[nH]c(CN2CCCN(CCOC)C(=O)C2)n1. The monoisotopic (exact) mass is 281 g/mol. The molecule has 2 heterocycles. The number of carbonyl (C=O) groups excluding carboxylic acids is 1. The molecular weight excluding hydrogens is 258 g/mol. The van der Waals surface area contributed by atoms with Gasteiger partial charge in [-0.2, -0.15) is 5.10 Å². The molecule has 0 atom stereocenters. The maximum atomic E-state index is 12.2. The van der Waals surface area contributed by atoms with Crippen molar-refractivity contribution in [1.29, 1.82) is 0 Å². The fraction of sp³-hybridized carbons (Fsp3) is 0.769. The number of amides is 1. The van der Waals surface area contributed by atoms with Crippen LogP contribution in [0.4, 0.5) is 0 Å². The van der Waals surface area contributed by atoms with Gasteiger partial charge in [0, 0.05) is 33.2 Å². The maximum Gasteiger partial charge on any atom is 0.236 e. The Morgan fingerprint density at radius 2 is 2.25 bits per heavy atom. The van der Waals surface area contributed by atoms with Crippen molar-refractivity contribution in [3.05, 3.63) is 11.6 Å². The standard InChI is InChI=1S/C13H23N5O2/c1-3-11-14-12(16-15-11)9-17-5-4-6-18(7-8-20-2)13(19)10-17/h3-10H2,1-2H3,(H,14,15,16). The molecule has 1 aliphatic rings. The lowest BCUT2D eigenvalue weighted by Crippen LogP contribution is -2.38. The van der Waals surface area contributed by atoms with Gasteiger partial charge in [0.15, 0.2) is 0 Å². The molecule has 0 aromatic carbocycles. The van der Waals surface area contributed by atoms with Gasteiger partial charge in [0.05, 0.1) is 19.7 Å². The molecular formula is C13H23N5O2. The minimum absolute atomic E-state index is 0.162. The third kappa shape index (κ3) is 4.01. The van der Waals surface area contributed by atoms with E-state index in [0.717, 1.165) is 37.6 Å². The maximum absolute atomic E-state index is 12.2. The van der Waals surface area contributed by atoms with Crippen molar-refractivity contribution in [2.75, 3.05) is 39.9 Å². The summed E-state index contributed by atoms with van der Waals surface area (Å²) in [6.07, 6.45) is 1.80. The summed E-state index contributed by atoms with van der Waals surface area (Å²) in [6, 6.07) is 0. The van der Waals surface area contributed by atoms with E-state index in [2.05, 4.69) is 20.1 Å². The highest BCUT2D eigenvalue weighted by Gasteiger charge is 2.22. The number of nitrogens with one attached hydrogen (secondary N) is 1. The van der Waals surface area contributed by atoms with Gasteiger partial charge < -0.3 is 9.64 Å². The van der Waals surface area contributed by atoms with Gasteiger partial charge in [-0.15, -0.1) is 0 Å². The van der Waals surface area contributed by atoms with Gasteiger partial charge in [-0.3, -0.25) is 14.8 Å². The third-order valence-electron chi connectivity index (χ3n) is 3.45. The average Bonchev–Trinajstić information content (AvgIpc) is 2.82. The first-order chi connectivity index (χ1) is 9.72.